The van der Waals surface area contributed by atoms with Crippen molar-refractivity contribution >= 4 is 11.9 Å². The van der Waals surface area contributed by atoms with E-state index in [4.69, 9.17) is 9.15 Å². The smallest absolute Gasteiger partial charge is 0.342 e. The second-order valence-corrected chi connectivity index (χ2v) is 6.91. The van der Waals surface area contributed by atoms with Crippen LogP contribution in [0.2, 0.25) is 0 Å². The minimum atomic E-state index is -0.870. The van der Waals surface area contributed by atoms with Crippen molar-refractivity contribution in [2.45, 2.75) is 59.1 Å². The molecule has 1 amide bonds. The molecule has 1 aromatic heterocycles. The Hall–Kier alpha value is -2.56. The summed E-state index contributed by atoms with van der Waals surface area (Å²) in [6.07, 6.45) is 2.09. The maximum atomic E-state index is 12.6. The zero-order valence-corrected chi connectivity index (χ0v) is 15.7. The molecule has 1 N–H and O–H groups in total. The zero-order chi connectivity index (χ0) is 18.8. The van der Waals surface area contributed by atoms with E-state index in [0.29, 0.717) is 17.1 Å². The van der Waals surface area contributed by atoms with Crippen molar-refractivity contribution in [3.63, 3.8) is 0 Å². The van der Waals surface area contributed by atoms with Gasteiger partial charge >= 0.3 is 5.97 Å². The molecule has 26 heavy (non-hydrogen) atoms. The molecule has 3 rings (SSSR count). The number of esters is 1. The van der Waals surface area contributed by atoms with Crippen LogP contribution in [0.3, 0.4) is 0 Å². The predicted molar refractivity (Wildman–Crippen MR) is 98.1 cm³/mol. The number of nitrogens with one attached hydrogen (secondary N) is 1. The first kappa shape index (κ1) is 18.2. The van der Waals surface area contributed by atoms with Crippen LogP contribution < -0.4 is 5.32 Å². The molecule has 2 aromatic rings. The van der Waals surface area contributed by atoms with Crippen molar-refractivity contribution in [2.24, 2.45) is 0 Å². The number of ether oxygens (including phenoxy) is 1. The average molecular weight is 355 g/mol. The number of hydrogen-bond donors (Lipinski definition) is 1. The predicted octanol–water partition coefficient (Wildman–Crippen LogP) is 3.94. The summed E-state index contributed by atoms with van der Waals surface area (Å²) in [5, 5.41) is 3.03. The normalized spacial score (nSPS) is 17.3. The minimum Gasteiger partial charge on any atom is -0.465 e. The molecule has 2 unspecified atom stereocenters. The number of fused-ring (bicyclic) bond motifs is 1. The van der Waals surface area contributed by atoms with Crippen LogP contribution in [0.25, 0.3) is 0 Å². The fourth-order valence-electron chi connectivity index (χ4n) is 3.56. The molecule has 0 saturated carbocycles. The molecule has 1 heterocycles. The van der Waals surface area contributed by atoms with Gasteiger partial charge in [-0.1, -0.05) is 24.3 Å². The van der Waals surface area contributed by atoms with Gasteiger partial charge in [-0.2, -0.15) is 0 Å². The highest BCUT2D eigenvalue weighted by atomic mass is 16.5. The number of carbonyl (C=O) groups excluding carboxylic acids is 2. The molecule has 0 radical (unpaired) electrons. The fourth-order valence-corrected chi connectivity index (χ4v) is 3.56. The van der Waals surface area contributed by atoms with E-state index in [1.54, 1.807) is 20.8 Å². The number of amides is 1. The molecule has 1 aliphatic carbocycles. The van der Waals surface area contributed by atoms with Crippen LogP contribution in [0, 0.1) is 20.8 Å². The third kappa shape index (κ3) is 3.52. The molecule has 138 valence electrons. The number of furan rings is 1. The largest absolute Gasteiger partial charge is 0.465 e. The molecule has 5 heteroatoms. The van der Waals surface area contributed by atoms with Gasteiger partial charge in [0.1, 0.15) is 17.1 Å². The second kappa shape index (κ2) is 7.36. The summed E-state index contributed by atoms with van der Waals surface area (Å²) in [6.45, 7) is 6.93. The van der Waals surface area contributed by atoms with Crippen molar-refractivity contribution in [3.05, 3.63) is 58.0 Å². The standard InChI is InChI=1S/C21H25NO4/c1-12-13(2)25-14(3)19(12)21(24)26-15(4)20(23)22-18-11-7-9-16-8-5-6-10-17(16)18/h5-6,8,10,15,18H,7,9,11H2,1-4H3,(H,22,23). The van der Waals surface area contributed by atoms with Crippen molar-refractivity contribution in [1.29, 1.82) is 0 Å². The monoisotopic (exact) mass is 355 g/mol. The Bertz CT molecular complexity index is 837. The van der Waals surface area contributed by atoms with Crippen molar-refractivity contribution in [1.82, 2.24) is 5.32 Å². The van der Waals surface area contributed by atoms with E-state index in [9.17, 15) is 9.59 Å². The highest BCUT2D eigenvalue weighted by Gasteiger charge is 2.27. The van der Waals surface area contributed by atoms with E-state index in [-0.39, 0.29) is 11.9 Å². The first-order valence-corrected chi connectivity index (χ1v) is 9.04. The lowest BCUT2D eigenvalue weighted by Crippen LogP contribution is -2.39. The van der Waals surface area contributed by atoms with E-state index >= 15 is 0 Å². The van der Waals surface area contributed by atoms with Gasteiger partial charge in [-0.05, 0) is 58.1 Å². The Labute approximate surface area is 153 Å². The summed E-state index contributed by atoms with van der Waals surface area (Å²) >= 11 is 0. The van der Waals surface area contributed by atoms with E-state index in [1.165, 1.54) is 5.56 Å². The van der Waals surface area contributed by atoms with Crippen LogP contribution in [0.4, 0.5) is 0 Å². The Kier molecular flexibility index (Phi) is 5.16. The Morgan fingerprint density at radius 3 is 2.62 bits per heavy atom. The number of hydrogen-bond acceptors (Lipinski definition) is 4. The molecule has 1 aromatic carbocycles. The number of rotatable bonds is 4. The van der Waals surface area contributed by atoms with Gasteiger partial charge in [0.25, 0.3) is 5.91 Å². The van der Waals surface area contributed by atoms with Gasteiger partial charge in [0, 0.05) is 5.56 Å². The van der Waals surface area contributed by atoms with Crippen LogP contribution in [-0.2, 0) is 16.0 Å². The molecule has 0 spiro atoms. The molecule has 0 aliphatic heterocycles. The fraction of sp³-hybridized carbons (Fsp3) is 0.429. The Morgan fingerprint density at radius 1 is 1.19 bits per heavy atom. The summed E-state index contributed by atoms with van der Waals surface area (Å²) in [4.78, 5) is 25.0. The second-order valence-electron chi connectivity index (χ2n) is 6.91. The van der Waals surface area contributed by atoms with Crippen LogP contribution in [0.15, 0.2) is 28.7 Å². The topological polar surface area (TPSA) is 68.5 Å². The van der Waals surface area contributed by atoms with E-state index in [1.807, 2.05) is 19.1 Å². The lowest BCUT2D eigenvalue weighted by atomic mass is 9.87. The molecule has 2 atom stereocenters. The number of benzene rings is 1. The van der Waals surface area contributed by atoms with E-state index in [0.717, 1.165) is 30.4 Å². The maximum Gasteiger partial charge on any atom is 0.342 e. The zero-order valence-electron chi connectivity index (χ0n) is 15.7. The van der Waals surface area contributed by atoms with E-state index in [2.05, 4.69) is 17.4 Å². The van der Waals surface area contributed by atoms with Gasteiger partial charge in [-0.3, -0.25) is 4.79 Å². The van der Waals surface area contributed by atoms with Gasteiger partial charge in [0.15, 0.2) is 6.10 Å². The van der Waals surface area contributed by atoms with Crippen LogP contribution >= 0.6 is 0 Å². The summed E-state index contributed by atoms with van der Waals surface area (Å²) in [7, 11) is 0. The molecule has 1 aliphatic rings. The van der Waals surface area contributed by atoms with Crippen LogP contribution in [0.1, 0.15) is 64.4 Å². The first-order chi connectivity index (χ1) is 12.4. The van der Waals surface area contributed by atoms with E-state index < -0.39 is 12.1 Å². The van der Waals surface area contributed by atoms with Gasteiger partial charge in [-0.15, -0.1) is 0 Å². The van der Waals surface area contributed by atoms with Gasteiger partial charge < -0.3 is 14.5 Å². The quantitative estimate of drug-likeness (QED) is 0.844. The highest BCUT2D eigenvalue weighted by Crippen LogP contribution is 2.29. The lowest BCUT2D eigenvalue weighted by molar-refractivity contribution is -0.130. The molecular formula is C21H25NO4. The molecule has 0 fully saturated rings. The summed E-state index contributed by atoms with van der Waals surface area (Å²) in [6, 6.07) is 8.12. The van der Waals surface area contributed by atoms with Crippen molar-refractivity contribution < 1.29 is 18.7 Å². The van der Waals surface area contributed by atoms with Crippen molar-refractivity contribution in [2.75, 3.05) is 0 Å². The van der Waals surface area contributed by atoms with Gasteiger partial charge in [0.2, 0.25) is 0 Å². The highest BCUT2D eigenvalue weighted by molar-refractivity contribution is 5.94. The summed E-state index contributed by atoms with van der Waals surface area (Å²) in [5.41, 5.74) is 3.59. The average Bonchev–Trinajstić information content (AvgIpc) is 2.87. The van der Waals surface area contributed by atoms with Crippen LogP contribution in [-0.4, -0.2) is 18.0 Å². The summed E-state index contributed by atoms with van der Waals surface area (Å²) in [5.74, 6) is 0.392. The molecular weight excluding hydrogens is 330 g/mol. The van der Waals surface area contributed by atoms with Gasteiger partial charge in [0.05, 0.1) is 6.04 Å². The van der Waals surface area contributed by atoms with Crippen molar-refractivity contribution in [3.8, 4) is 0 Å². The minimum absolute atomic E-state index is 0.0340. The SMILES string of the molecule is Cc1oc(C)c(C(=O)OC(C)C(=O)NC2CCCc3ccccc32)c1C. The Balaban J connectivity index is 1.66. The van der Waals surface area contributed by atoms with Gasteiger partial charge in [-0.25, -0.2) is 4.79 Å². The summed E-state index contributed by atoms with van der Waals surface area (Å²) < 4.78 is 10.9. The maximum absolute atomic E-state index is 12.6. The third-order valence-corrected chi connectivity index (χ3v) is 5.10. The third-order valence-electron chi connectivity index (χ3n) is 5.10. The Morgan fingerprint density at radius 2 is 1.92 bits per heavy atom. The first-order valence-electron chi connectivity index (χ1n) is 9.04. The molecule has 5 nitrogen and oxygen atoms in total. The van der Waals surface area contributed by atoms with Crippen LogP contribution in [0.5, 0.6) is 0 Å². The molecule has 0 bridgehead atoms. The number of carbonyl (C=O) groups is 2. The number of aryl methyl sites for hydroxylation is 3. The lowest BCUT2D eigenvalue weighted by Gasteiger charge is -2.27. The molecule has 0 saturated heterocycles.